The molecule has 0 spiro atoms. The maximum absolute atomic E-state index is 5.65. The van der Waals surface area contributed by atoms with Crippen molar-refractivity contribution in [3.8, 4) is 0 Å². The van der Waals surface area contributed by atoms with Crippen LogP contribution in [0.4, 0.5) is 17.1 Å². The molecule has 0 unspecified atom stereocenters. The van der Waals surface area contributed by atoms with Crippen molar-refractivity contribution in [2.24, 2.45) is 0 Å². The van der Waals surface area contributed by atoms with Crippen LogP contribution in [0.1, 0.15) is 5.56 Å². The van der Waals surface area contributed by atoms with Gasteiger partial charge in [0.1, 0.15) is 0 Å². The summed E-state index contributed by atoms with van der Waals surface area (Å²) in [5.74, 6) is 0. The van der Waals surface area contributed by atoms with E-state index in [9.17, 15) is 0 Å². The SMILES string of the molecule is S=C(Nc1ccc(Nc2ccccc2)cc1)N1CCN(C/C=C/c2ccccc2)CC1. The molecular formula is C26H28N4S. The van der Waals surface area contributed by atoms with E-state index in [-0.39, 0.29) is 0 Å². The molecule has 0 bridgehead atoms. The highest BCUT2D eigenvalue weighted by atomic mass is 32.1. The molecule has 0 aromatic heterocycles. The maximum atomic E-state index is 5.65. The lowest BCUT2D eigenvalue weighted by Crippen LogP contribution is -2.49. The molecule has 1 fully saturated rings. The molecular weight excluding hydrogens is 400 g/mol. The molecule has 1 aliphatic heterocycles. The number of para-hydroxylation sites is 1. The van der Waals surface area contributed by atoms with Crippen LogP contribution in [0.3, 0.4) is 0 Å². The number of nitrogens with one attached hydrogen (secondary N) is 2. The molecule has 1 saturated heterocycles. The Bertz CT molecular complexity index is 979. The van der Waals surface area contributed by atoms with E-state index in [2.05, 4.69) is 93.2 Å². The Kier molecular flexibility index (Phi) is 7.32. The first-order valence-electron chi connectivity index (χ1n) is 10.7. The number of hydrogen-bond acceptors (Lipinski definition) is 3. The minimum Gasteiger partial charge on any atom is -0.356 e. The van der Waals surface area contributed by atoms with Crippen LogP contribution in [0, 0.1) is 0 Å². The standard InChI is InChI=1S/C26H28N4S/c31-26(28-25-15-13-24(14-16-25)27-23-11-5-2-6-12-23)30-20-18-29(19-21-30)17-7-10-22-8-3-1-4-9-22/h1-16,27H,17-21H2,(H,28,31)/b10-7+. The number of rotatable bonds is 6. The fourth-order valence-electron chi connectivity index (χ4n) is 3.56. The molecule has 4 nitrogen and oxygen atoms in total. The highest BCUT2D eigenvalue weighted by molar-refractivity contribution is 7.80. The fraction of sp³-hybridized carbons (Fsp3) is 0.192. The Morgan fingerprint density at radius 1 is 0.742 bits per heavy atom. The summed E-state index contributed by atoms with van der Waals surface area (Å²) < 4.78 is 0. The minimum atomic E-state index is 0.795. The number of benzene rings is 3. The topological polar surface area (TPSA) is 30.5 Å². The van der Waals surface area contributed by atoms with Gasteiger partial charge < -0.3 is 15.5 Å². The molecule has 2 N–H and O–H groups in total. The summed E-state index contributed by atoms with van der Waals surface area (Å²) in [6, 6.07) is 28.9. The zero-order chi connectivity index (χ0) is 21.3. The molecule has 0 atom stereocenters. The van der Waals surface area contributed by atoms with Crippen LogP contribution in [-0.2, 0) is 0 Å². The Morgan fingerprint density at radius 3 is 2.00 bits per heavy atom. The van der Waals surface area contributed by atoms with E-state index >= 15 is 0 Å². The molecule has 3 aromatic rings. The van der Waals surface area contributed by atoms with Gasteiger partial charge in [0.15, 0.2) is 5.11 Å². The molecule has 0 amide bonds. The van der Waals surface area contributed by atoms with E-state index in [0.29, 0.717) is 0 Å². The van der Waals surface area contributed by atoms with Crippen LogP contribution in [0.15, 0.2) is 91.0 Å². The maximum Gasteiger partial charge on any atom is 0.173 e. The van der Waals surface area contributed by atoms with Gasteiger partial charge in [-0.15, -0.1) is 0 Å². The number of piperazine rings is 1. The van der Waals surface area contributed by atoms with Crippen molar-refractivity contribution >= 4 is 40.5 Å². The lowest BCUT2D eigenvalue weighted by atomic mass is 10.2. The third kappa shape index (κ3) is 6.41. The zero-order valence-electron chi connectivity index (χ0n) is 17.6. The summed E-state index contributed by atoms with van der Waals surface area (Å²) in [4.78, 5) is 4.71. The van der Waals surface area contributed by atoms with Crippen LogP contribution >= 0.6 is 12.2 Å². The third-order valence-electron chi connectivity index (χ3n) is 5.33. The van der Waals surface area contributed by atoms with Gasteiger partial charge in [-0.3, -0.25) is 4.90 Å². The van der Waals surface area contributed by atoms with Gasteiger partial charge in [-0.25, -0.2) is 0 Å². The first kappa shape index (κ1) is 21.1. The molecule has 1 aliphatic rings. The minimum absolute atomic E-state index is 0.795. The van der Waals surface area contributed by atoms with Crippen LogP contribution in [0.25, 0.3) is 6.08 Å². The van der Waals surface area contributed by atoms with Crippen molar-refractivity contribution in [2.75, 3.05) is 43.4 Å². The van der Waals surface area contributed by atoms with Crippen molar-refractivity contribution in [3.05, 3.63) is 96.6 Å². The predicted octanol–water partition coefficient (Wildman–Crippen LogP) is 5.46. The van der Waals surface area contributed by atoms with Crippen LogP contribution in [0.5, 0.6) is 0 Å². The fourth-order valence-corrected chi connectivity index (χ4v) is 3.86. The average Bonchev–Trinajstić information content (AvgIpc) is 2.82. The van der Waals surface area contributed by atoms with Gasteiger partial charge in [-0.1, -0.05) is 60.7 Å². The van der Waals surface area contributed by atoms with Gasteiger partial charge in [-0.05, 0) is 54.2 Å². The van der Waals surface area contributed by atoms with Crippen molar-refractivity contribution in [3.63, 3.8) is 0 Å². The van der Waals surface area contributed by atoms with E-state index in [0.717, 1.165) is 54.9 Å². The van der Waals surface area contributed by atoms with E-state index in [1.165, 1.54) is 5.56 Å². The first-order chi connectivity index (χ1) is 15.3. The summed E-state index contributed by atoms with van der Waals surface area (Å²) in [6.07, 6.45) is 4.43. The molecule has 5 heteroatoms. The van der Waals surface area contributed by atoms with Crippen molar-refractivity contribution in [1.29, 1.82) is 0 Å². The van der Waals surface area contributed by atoms with E-state index < -0.39 is 0 Å². The van der Waals surface area contributed by atoms with Crippen LogP contribution < -0.4 is 10.6 Å². The molecule has 4 rings (SSSR count). The van der Waals surface area contributed by atoms with Gasteiger partial charge >= 0.3 is 0 Å². The Hall–Kier alpha value is -3.15. The lowest BCUT2D eigenvalue weighted by Gasteiger charge is -2.35. The smallest absolute Gasteiger partial charge is 0.173 e. The second kappa shape index (κ2) is 10.8. The second-order valence-corrected chi connectivity index (χ2v) is 7.99. The molecule has 0 saturated carbocycles. The highest BCUT2D eigenvalue weighted by Crippen LogP contribution is 2.19. The van der Waals surface area contributed by atoms with Crippen molar-refractivity contribution in [2.45, 2.75) is 0 Å². The van der Waals surface area contributed by atoms with Crippen LogP contribution in [0.2, 0.25) is 0 Å². The predicted molar refractivity (Wildman–Crippen MR) is 136 cm³/mol. The Balaban J connectivity index is 1.21. The zero-order valence-corrected chi connectivity index (χ0v) is 18.4. The van der Waals surface area contributed by atoms with Gasteiger partial charge in [0.2, 0.25) is 0 Å². The Labute approximate surface area is 190 Å². The third-order valence-corrected chi connectivity index (χ3v) is 5.69. The van der Waals surface area contributed by atoms with Gasteiger partial charge in [0.25, 0.3) is 0 Å². The molecule has 1 heterocycles. The first-order valence-corrected chi connectivity index (χ1v) is 11.1. The van der Waals surface area contributed by atoms with Gasteiger partial charge in [0, 0.05) is 49.8 Å². The van der Waals surface area contributed by atoms with E-state index in [4.69, 9.17) is 12.2 Å². The van der Waals surface area contributed by atoms with Gasteiger partial charge in [0.05, 0.1) is 0 Å². The van der Waals surface area contributed by atoms with Crippen molar-refractivity contribution < 1.29 is 0 Å². The highest BCUT2D eigenvalue weighted by Gasteiger charge is 2.18. The molecule has 0 aliphatic carbocycles. The number of thiocarbonyl (C=S) groups is 1. The number of hydrogen-bond donors (Lipinski definition) is 2. The summed E-state index contributed by atoms with van der Waals surface area (Å²) in [5, 5.41) is 7.57. The Morgan fingerprint density at radius 2 is 1.32 bits per heavy atom. The largest absolute Gasteiger partial charge is 0.356 e. The molecule has 31 heavy (non-hydrogen) atoms. The number of nitrogens with zero attached hydrogens (tertiary/aromatic N) is 2. The molecule has 0 radical (unpaired) electrons. The molecule has 158 valence electrons. The van der Waals surface area contributed by atoms with Gasteiger partial charge in [-0.2, -0.15) is 0 Å². The average molecular weight is 429 g/mol. The molecule has 3 aromatic carbocycles. The van der Waals surface area contributed by atoms with E-state index in [1.54, 1.807) is 0 Å². The summed E-state index contributed by atoms with van der Waals surface area (Å²) in [6.45, 7) is 4.89. The summed E-state index contributed by atoms with van der Waals surface area (Å²) in [7, 11) is 0. The van der Waals surface area contributed by atoms with Crippen molar-refractivity contribution in [1.82, 2.24) is 9.80 Å². The lowest BCUT2D eigenvalue weighted by molar-refractivity contribution is 0.200. The quantitative estimate of drug-likeness (QED) is 0.509. The summed E-state index contributed by atoms with van der Waals surface area (Å²) in [5.41, 5.74) is 4.39. The van der Waals surface area contributed by atoms with Crippen LogP contribution in [-0.4, -0.2) is 47.6 Å². The second-order valence-electron chi connectivity index (χ2n) is 7.60. The monoisotopic (exact) mass is 428 g/mol. The normalized spacial score (nSPS) is 14.5. The number of anilines is 3. The summed E-state index contributed by atoms with van der Waals surface area (Å²) >= 11 is 5.65. The van der Waals surface area contributed by atoms with E-state index in [1.807, 2.05) is 24.3 Å².